The molecule has 0 aliphatic rings. The third kappa shape index (κ3) is 51.1. The van der Waals surface area contributed by atoms with Crippen molar-refractivity contribution in [1.29, 1.82) is 0 Å². The molecule has 0 saturated heterocycles. The topological polar surface area (TPSA) is 78.9 Å². The smallest absolute Gasteiger partial charge is 0.306 e. The molecular weight excluding hydrogens is 817 g/mol. The minimum atomic E-state index is -0.798. The molecule has 0 N–H and O–H groups in total. The fourth-order valence-corrected chi connectivity index (χ4v) is 6.98. The van der Waals surface area contributed by atoms with Gasteiger partial charge in [-0.1, -0.05) is 214 Å². The lowest BCUT2D eigenvalue weighted by molar-refractivity contribution is -0.167. The molecule has 0 bridgehead atoms. The van der Waals surface area contributed by atoms with E-state index in [1.807, 2.05) is 0 Å². The second-order valence-electron chi connectivity index (χ2n) is 17.4. The van der Waals surface area contributed by atoms with Gasteiger partial charge in [0.25, 0.3) is 0 Å². The van der Waals surface area contributed by atoms with E-state index in [9.17, 15) is 14.4 Å². The van der Waals surface area contributed by atoms with Crippen LogP contribution in [0.5, 0.6) is 0 Å². The SMILES string of the molecule is CC/C=C\C/C=C\C/C=C\C/C=C\C/C=C\C/C=C\C/C=C\CCCCCC(=O)OCC(COC(=O)CCCCCCCCC)OC(=O)CCCCCCC/C=C\C/C=C\CCCCCC. The van der Waals surface area contributed by atoms with Crippen molar-refractivity contribution in [2.24, 2.45) is 0 Å². The highest BCUT2D eigenvalue weighted by Crippen LogP contribution is 2.13. The first-order valence-corrected chi connectivity index (χ1v) is 26.9. The Morgan fingerprint density at radius 3 is 0.955 bits per heavy atom. The molecule has 0 aromatic carbocycles. The van der Waals surface area contributed by atoms with Crippen molar-refractivity contribution in [3.05, 3.63) is 109 Å². The lowest BCUT2D eigenvalue weighted by Gasteiger charge is -2.18. The number of unbranched alkanes of at least 4 members (excludes halogenated alkanes) is 18. The van der Waals surface area contributed by atoms with E-state index in [1.165, 1.54) is 57.8 Å². The third-order valence-corrected chi connectivity index (χ3v) is 11.0. The number of hydrogen-bond acceptors (Lipinski definition) is 6. The van der Waals surface area contributed by atoms with E-state index in [0.29, 0.717) is 19.3 Å². The summed E-state index contributed by atoms with van der Waals surface area (Å²) in [5, 5.41) is 0. The van der Waals surface area contributed by atoms with Crippen molar-refractivity contribution < 1.29 is 28.6 Å². The molecular formula is C60H98O6. The first kappa shape index (κ1) is 62.1. The van der Waals surface area contributed by atoms with Gasteiger partial charge in [0.15, 0.2) is 6.10 Å². The van der Waals surface area contributed by atoms with Crippen LogP contribution in [0, 0.1) is 0 Å². The van der Waals surface area contributed by atoms with Crippen LogP contribution >= 0.6 is 0 Å². The van der Waals surface area contributed by atoms with Gasteiger partial charge < -0.3 is 14.2 Å². The van der Waals surface area contributed by atoms with Crippen LogP contribution in [-0.2, 0) is 28.6 Å². The Morgan fingerprint density at radius 2 is 0.591 bits per heavy atom. The predicted octanol–water partition coefficient (Wildman–Crippen LogP) is 17.9. The molecule has 0 fully saturated rings. The number of hydrogen-bond donors (Lipinski definition) is 0. The van der Waals surface area contributed by atoms with E-state index in [-0.39, 0.29) is 31.1 Å². The summed E-state index contributed by atoms with van der Waals surface area (Å²) >= 11 is 0. The number of carbonyl (C=O) groups excluding carboxylic acids is 3. The molecule has 0 heterocycles. The van der Waals surface area contributed by atoms with Crippen LogP contribution in [0.1, 0.15) is 233 Å². The average Bonchev–Trinajstić information content (AvgIpc) is 3.31. The highest BCUT2D eigenvalue weighted by atomic mass is 16.6. The first-order valence-electron chi connectivity index (χ1n) is 26.9. The van der Waals surface area contributed by atoms with E-state index in [4.69, 9.17) is 14.2 Å². The van der Waals surface area contributed by atoms with Crippen LogP contribution in [-0.4, -0.2) is 37.2 Å². The van der Waals surface area contributed by atoms with Crippen molar-refractivity contribution in [1.82, 2.24) is 0 Å². The lowest BCUT2D eigenvalue weighted by atomic mass is 10.1. The highest BCUT2D eigenvalue weighted by Gasteiger charge is 2.19. The van der Waals surface area contributed by atoms with Crippen molar-refractivity contribution in [2.75, 3.05) is 13.2 Å². The fraction of sp³-hybridized carbons (Fsp3) is 0.650. The van der Waals surface area contributed by atoms with Gasteiger partial charge in [-0.05, 0) is 109 Å². The summed E-state index contributed by atoms with van der Waals surface area (Å²) in [5.41, 5.74) is 0. The van der Waals surface area contributed by atoms with E-state index < -0.39 is 6.10 Å². The van der Waals surface area contributed by atoms with Crippen LogP contribution < -0.4 is 0 Å². The number of esters is 3. The number of rotatable bonds is 47. The molecule has 0 amide bonds. The summed E-state index contributed by atoms with van der Waals surface area (Å²) in [6.45, 7) is 6.41. The monoisotopic (exact) mass is 915 g/mol. The summed E-state index contributed by atoms with van der Waals surface area (Å²) in [4.78, 5) is 37.8. The zero-order valence-corrected chi connectivity index (χ0v) is 42.7. The quantitative estimate of drug-likeness (QED) is 0.0262. The summed E-state index contributed by atoms with van der Waals surface area (Å²) in [6, 6.07) is 0. The fourth-order valence-electron chi connectivity index (χ4n) is 6.98. The summed E-state index contributed by atoms with van der Waals surface area (Å²) < 4.78 is 16.7. The van der Waals surface area contributed by atoms with Crippen LogP contribution in [0.2, 0.25) is 0 Å². The number of carbonyl (C=O) groups is 3. The molecule has 374 valence electrons. The van der Waals surface area contributed by atoms with E-state index >= 15 is 0 Å². The maximum Gasteiger partial charge on any atom is 0.306 e. The number of ether oxygens (including phenoxy) is 3. The Hall–Kier alpha value is -3.93. The van der Waals surface area contributed by atoms with Crippen LogP contribution in [0.25, 0.3) is 0 Å². The molecule has 0 aromatic heterocycles. The van der Waals surface area contributed by atoms with Gasteiger partial charge in [-0.25, -0.2) is 0 Å². The largest absolute Gasteiger partial charge is 0.462 e. The minimum absolute atomic E-state index is 0.0957. The number of allylic oxidation sites excluding steroid dienone is 18. The van der Waals surface area contributed by atoms with Gasteiger partial charge in [0.1, 0.15) is 13.2 Å². The Bertz CT molecular complexity index is 1370. The zero-order valence-electron chi connectivity index (χ0n) is 42.7. The first-order chi connectivity index (χ1) is 32.5. The molecule has 0 rings (SSSR count). The third-order valence-electron chi connectivity index (χ3n) is 11.0. The van der Waals surface area contributed by atoms with Crippen LogP contribution in [0.4, 0.5) is 0 Å². The molecule has 6 nitrogen and oxygen atoms in total. The van der Waals surface area contributed by atoms with E-state index in [1.54, 1.807) is 0 Å². The zero-order chi connectivity index (χ0) is 47.9. The Balaban J connectivity index is 4.33. The van der Waals surface area contributed by atoms with Gasteiger partial charge in [-0.15, -0.1) is 0 Å². The second-order valence-corrected chi connectivity index (χ2v) is 17.4. The summed E-state index contributed by atoms with van der Waals surface area (Å²) in [7, 11) is 0. The molecule has 1 unspecified atom stereocenters. The van der Waals surface area contributed by atoms with Crippen molar-refractivity contribution in [2.45, 2.75) is 239 Å². The summed E-state index contributed by atoms with van der Waals surface area (Å²) in [5.74, 6) is -0.955. The maximum atomic E-state index is 12.8. The molecule has 66 heavy (non-hydrogen) atoms. The van der Waals surface area contributed by atoms with Crippen LogP contribution in [0.15, 0.2) is 109 Å². The Kier molecular flexibility index (Phi) is 50.5. The minimum Gasteiger partial charge on any atom is -0.462 e. The Labute approximate surface area is 406 Å². The van der Waals surface area contributed by atoms with Gasteiger partial charge in [-0.2, -0.15) is 0 Å². The standard InChI is InChI=1S/C60H98O6/c1-4-7-10-13-16-18-20-22-24-26-27-28-29-30-31-32-33-34-36-37-39-41-44-47-50-53-59(62)65-56-57(55-64-58(61)52-49-46-43-15-12-9-6-3)66-60(63)54-51-48-45-42-40-38-35-25-23-21-19-17-14-11-8-5-2/h7,10,16,18-19,21-22,24-25,27-28,30-31,33-35,37,39,57H,4-6,8-9,11-15,17,20,23,26,29,32,36,38,40-56H2,1-3H3/b10-7-,18-16-,21-19-,24-22-,28-27-,31-30-,34-33-,35-25-,39-37-. The molecule has 0 radical (unpaired) electrons. The molecule has 1 atom stereocenters. The van der Waals surface area contributed by atoms with Gasteiger partial charge in [-0.3, -0.25) is 14.4 Å². The van der Waals surface area contributed by atoms with Gasteiger partial charge >= 0.3 is 17.9 Å². The maximum absolute atomic E-state index is 12.8. The molecule has 0 spiro atoms. The molecule has 0 aliphatic heterocycles. The summed E-state index contributed by atoms with van der Waals surface area (Å²) in [6.07, 6.45) is 72.3. The Morgan fingerprint density at radius 1 is 0.318 bits per heavy atom. The average molecular weight is 915 g/mol. The molecule has 0 aromatic rings. The lowest BCUT2D eigenvalue weighted by Crippen LogP contribution is -2.30. The van der Waals surface area contributed by atoms with Gasteiger partial charge in [0.2, 0.25) is 0 Å². The van der Waals surface area contributed by atoms with Crippen molar-refractivity contribution in [3.8, 4) is 0 Å². The second kappa shape index (κ2) is 53.7. The van der Waals surface area contributed by atoms with Crippen molar-refractivity contribution in [3.63, 3.8) is 0 Å². The van der Waals surface area contributed by atoms with Gasteiger partial charge in [0.05, 0.1) is 0 Å². The van der Waals surface area contributed by atoms with Crippen molar-refractivity contribution >= 4 is 17.9 Å². The predicted molar refractivity (Wildman–Crippen MR) is 283 cm³/mol. The van der Waals surface area contributed by atoms with E-state index in [2.05, 4.69) is 130 Å². The van der Waals surface area contributed by atoms with Gasteiger partial charge in [0, 0.05) is 19.3 Å². The normalized spacial score (nSPS) is 13.0. The molecule has 6 heteroatoms. The molecule has 0 aliphatic carbocycles. The van der Waals surface area contributed by atoms with Crippen LogP contribution in [0.3, 0.4) is 0 Å². The molecule has 0 saturated carbocycles. The highest BCUT2D eigenvalue weighted by molar-refractivity contribution is 5.71. The van der Waals surface area contributed by atoms with E-state index in [0.717, 1.165) is 135 Å².